The molecule has 2 saturated heterocycles. The van der Waals surface area contributed by atoms with Crippen molar-refractivity contribution in [3.05, 3.63) is 0 Å². The first-order valence-electron chi connectivity index (χ1n) is 6.08. The van der Waals surface area contributed by atoms with E-state index in [0.29, 0.717) is 18.4 Å². The van der Waals surface area contributed by atoms with Gasteiger partial charge in [0, 0.05) is 38.6 Å². The van der Waals surface area contributed by atoms with Crippen molar-refractivity contribution < 1.29 is 4.79 Å². The molecular formula is C11H21N3O. The number of hydrogen-bond donors (Lipinski definition) is 2. The van der Waals surface area contributed by atoms with Crippen LogP contribution in [0.1, 0.15) is 25.7 Å². The summed E-state index contributed by atoms with van der Waals surface area (Å²) >= 11 is 0. The second kappa shape index (κ2) is 5.47. The predicted molar refractivity (Wildman–Crippen MR) is 59.7 cm³/mol. The Morgan fingerprint density at radius 1 is 1.33 bits per heavy atom. The molecule has 0 aliphatic carbocycles. The molecule has 0 aromatic carbocycles. The summed E-state index contributed by atoms with van der Waals surface area (Å²) in [6, 6.07) is 0.647. The van der Waals surface area contributed by atoms with Gasteiger partial charge in [0.05, 0.1) is 0 Å². The molecule has 2 fully saturated rings. The molecule has 2 aliphatic rings. The number of amides is 1. The largest absolute Gasteiger partial charge is 0.341 e. The number of carbonyl (C=O) groups excluding carboxylic acids is 1. The van der Waals surface area contributed by atoms with Crippen molar-refractivity contribution >= 4 is 5.91 Å². The number of nitrogens with zero attached hydrogens (tertiary/aromatic N) is 1. The third-order valence-corrected chi connectivity index (χ3v) is 3.34. The summed E-state index contributed by atoms with van der Waals surface area (Å²) in [5, 5.41) is 6.73. The summed E-state index contributed by atoms with van der Waals surface area (Å²) in [5.74, 6) is 0.318. The van der Waals surface area contributed by atoms with Crippen molar-refractivity contribution in [1.29, 1.82) is 0 Å². The van der Waals surface area contributed by atoms with E-state index in [1.165, 1.54) is 12.8 Å². The molecule has 1 unspecified atom stereocenters. The fourth-order valence-electron chi connectivity index (χ4n) is 2.37. The van der Waals surface area contributed by atoms with Gasteiger partial charge in [0.15, 0.2) is 0 Å². The van der Waals surface area contributed by atoms with Gasteiger partial charge < -0.3 is 15.5 Å². The summed E-state index contributed by atoms with van der Waals surface area (Å²) in [5.41, 5.74) is 0. The Hall–Kier alpha value is -0.610. The fourth-order valence-corrected chi connectivity index (χ4v) is 2.37. The standard InChI is InChI=1S/C11H21N3O/c15-11-3-6-12-7-9-14(11)8-4-10-2-1-5-13-10/h10,12-13H,1-9H2. The maximum Gasteiger partial charge on any atom is 0.223 e. The van der Waals surface area contributed by atoms with Crippen LogP contribution < -0.4 is 10.6 Å². The zero-order valence-corrected chi connectivity index (χ0v) is 9.30. The first-order valence-corrected chi connectivity index (χ1v) is 6.08. The van der Waals surface area contributed by atoms with Gasteiger partial charge >= 0.3 is 0 Å². The van der Waals surface area contributed by atoms with Crippen molar-refractivity contribution in [3.8, 4) is 0 Å². The summed E-state index contributed by atoms with van der Waals surface area (Å²) in [6.45, 7) is 4.75. The van der Waals surface area contributed by atoms with E-state index in [4.69, 9.17) is 0 Å². The Morgan fingerprint density at radius 2 is 2.27 bits per heavy atom. The zero-order chi connectivity index (χ0) is 10.5. The molecular weight excluding hydrogens is 190 g/mol. The maximum atomic E-state index is 11.7. The molecule has 1 atom stereocenters. The molecule has 4 nitrogen and oxygen atoms in total. The summed E-state index contributed by atoms with van der Waals surface area (Å²) in [7, 11) is 0. The van der Waals surface area contributed by atoms with E-state index in [1.807, 2.05) is 4.90 Å². The smallest absolute Gasteiger partial charge is 0.223 e. The van der Waals surface area contributed by atoms with Gasteiger partial charge in [-0.15, -0.1) is 0 Å². The van der Waals surface area contributed by atoms with Gasteiger partial charge in [0.25, 0.3) is 0 Å². The van der Waals surface area contributed by atoms with Gasteiger partial charge in [0.2, 0.25) is 5.91 Å². The van der Waals surface area contributed by atoms with Crippen LogP contribution in [0.15, 0.2) is 0 Å². The fraction of sp³-hybridized carbons (Fsp3) is 0.909. The highest BCUT2D eigenvalue weighted by molar-refractivity contribution is 5.76. The van der Waals surface area contributed by atoms with E-state index in [0.717, 1.165) is 39.1 Å². The lowest BCUT2D eigenvalue weighted by atomic mass is 10.1. The number of carbonyl (C=O) groups is 1. The van der Waals surface area contributed by atoms with Crippen molar-refractivity contribution in [2.75, 3.05) is 32.7 Å². The lowest BCUT2D eigenvalue weighted by Gasteiger charge is -2.22. The average Bonchev–Trinajstić information content (AvgIpc) is 2.67. The molecule has 4 heteroatoms. The van der Waals surface area contributed by atoms with E-state index in [1.54, 1.807) is 0 Å². The number of nitrogens with one attached hydrogen (secondary N) is 2. The van der Waals surface area contributed by atoms with Gasteiger partial charge in [-0.1, -0.05) is 0 Å². The van der Waals surface area contributed by atoms with Crippen LogP contribution in [0.3, 0.4) is 0 Å². The lowest BCUT2D eigenvalue weighted by molar-refractivity contribution is -0.130. The van der Waals surface area contributed by atoms with Crippen LogP contribution >= 0.6 is 0 Å². The lowest BCUT2D eigenvalue weighted by Crippen LogP contribution is -2.36. The van der Waals surface area contributed by atoms with Crippen LogP contribution in [0.4, 0.5) is 0 Å². The second-order valence-electron chi connectivity index (χ2n) is 4.46. The molecule has 2 heterocycles. The minimum absolute atomic E-state index is 0.318. The van der Waals surface area contributed by atoms with Gasteiger partial charge in [-0.25, -0.2) is 0 Å². The molecule has 0 radical (unpaired) electrons. The van der Waals surface area contributed by atoms with Crippen LogP contribution in [0, 0.1) is 0 Å². The minimum Gasteiger partial charge on any atom is -0.341 e. The molecule has 0 aromatic rings. The monoisotopic (exact) mass is 211 g/mol. The van der Waals surface area contributed by atoms with Crippen LogP contribution in [0.2, 0.25) is 0 Å². The highest BCUT2D eigenvalue weighted by Crippen LogP contribution is 2.10. The third kappa shape index (κ3) is 3.18. The summed E-state index contributed by atoms with van der Waals surface area (Å²) in [4.78, 5) is 13.7. The van der Waals surface area contributed by atoms with Crippen LogP contribution in [-0.4, -0.2) is 49.6 Å². The highest BCUT2D eigenvalue weighted by atomic mass is 16.2. The molecule has 86 valence electrons. The molecule has 0 saturated carbocycles. The third-order valence-electron chi connectivity index (χ3n) is 3.34. The van der Waals surface area contributed by atoms with Crippen molar-refractivity contribution in [1.82, 2.24) is 15.5 Å². The van der Waals surface area contributed by atoms with Gasteiger partial charge in [0.1, 0.15) is 0 Å². The quantitative estimate of drug-likeness (QED) is 0.688. The number of hydrogen-bond acceptors (Lipinski definition) is 3. The molecule has 2 rings (SSSR count). The Labute approximate surface area is 91.4 Å². The first-order chi connectivity index (χ1) is 7.36. The second-order valence-corrected chi connectivity index (χ2v) is 4.46. The average molecular weight is 211 g/mol. The number of rotatable bonds is 3. The Balaban J connectivity index is 1.73. The van der Waals surface area contributed by atoms with Gasteiger partial charge in [-0.2, -0.15) is 0 Å². The molecule has 15 heavy (non-hydrogen) atoms. The predicted octanol–water partition coefficient (Wildman–Crippen LogP) is -0.0496. The zero-order valence-electron chi connectivity index (χ0n) is 9.30. The topological polar surface area (TPSA) is 44.4 Å². The van der Waals surface area contributed by atoms with E-state index in [-0.39, 0.29) is 0 Å². The highest BCUT2D eigenvalue weighted by Gasteiger charge is 2.19. The Morgan fingerprint density at radius 3 is 3.07 bits per heavy atom. The van der Waals surface area contributed by atoms with E-state index in [9.17, 15) is 4.79 Å². The molecule has 1 amide bonds. The van der Waals surface area contributed by atoms with E-state index in [2.05, 4.69) is 10.6 Å². The van der Waals surface area contributed by atoms with Crippen molar-refractivity contribution in [2.24, 2.45) is 0 Å². The summed E-state index contributed by atoms with van der Waals surface area (Å²) < 4.78 is 0. The SMILES string of the molecule is O=C1CCNCCN1CCC1CCCN1. The Kier molecular flexibility index (Phi) is 3.97. The van der Waals surface area contributed by atoms with Crippen LogP contribution in [-0.2, 0) is 4.79 Å². The molecule has 0 spiro atoms. The molecule has 2 aliphatic heterocycles. The minimum atomic E-state index is 0.318. The van der Waals surface area contributed by atoms with Crippen molar-refractivity contribution in [3.63, 3.8) is 0 Å². The van der Waals surface area contributed by atoms with Crippen molar-refractivity contribution in [2.45, 2.75) is 31.7 Å². The molecule has 0 aromatic heterocycles. The van der Waals surface area contributed by atoms with Gasteiger partial charge in [-0.05, 0) is 25.8 Å². The van der Waals surface area contributed by atoms with E-state index >= 15 is 0 Å². The first kappa shape index (κ1) is 10.9. The molecule has 0 bridgehead atoms. The Bertz CT molecular complexity index is 214. The normalized spacial score (nSPS) is 28.1. The maximum absolute atomic E-state index is 11.7. The molecule has 2 N–H and O–H groups in total. The van der Waals surface area contributed by atoms with Crippen LogP contribution in [0.5, 0.6) is 0 Å². The summed E-state index contributed by atoms with van der Waals surface area (Å²) in [6.07, 6.45) is 4.35. The van der Waals surface area contributed by atoms with Gasteiger partial charge in [-0.3, -0.25) is 4.79 Å². The van der Waals surface area contributed by atoms with E-state index < -0.39 is 0 Å². The van der Waals surface area contributed by atoms with Crippen LogP contribution in [0.25, 0.3) is 0 Å².